The van der Waals surface area contributed by atoms with Crippen molar-refractivity contribution in [1.82, 2.24) is 5.32 Å². The molecule has 3 rings (SSSR count). The third-order valence-electron chi connectivity index (χ3n) is 3.56. The molecule has 126 valence electrons. The molecule has 3 N–H and O–H groups in total. The molecule has 1 saturated heterocycles. The lowest BCUT2D eigenvalue weighted by Crippen LogP contribution is -2.35. The fraction of sp³-hybridized carbons (Fsp3) is 0.250. The summed E-state index contributed by atoms with van der Waals surface area (Å²) in [6, 6.07) is 9.12. The number of carbonyl (C=O) groups is 2. The molecule has 1 aromatic heterocycles. The van der Waals surface area contributed by atoms with Gasteiger partial charge in [0.15, 0.2) is 0 Å². The SMILES string of the molecule is O=C(Nc1cccc(NC(=O)C2CC(F)(F)CN2)c1)c1cccs1. The van der Waals surface area contributed by atoms with E-state index in [1.165, 1.54) is 11.3 Å². The predicted octanol–water partition coefficient (Wildman–Crippen LogP) is 2.94. The highest BCUT2D eigenvalue weighted by atomic mass is 32.1. The molecule has 1 atom stereocenters. The van der Waals surface area contributed by atoms with Gasteiger partial charge in [0.1, 0.15) is 0 Å². The van der Waals surface area contributed by atoms with Crippen LogP contribution in [-0.4, -0.2) is 30.3 Å². The van der Waals surface area contributed by atoms with Crippen LogP contribution in [0.2, 0.25) is 0 Å². The van der Waals surface area contributed by atoms with E-state index in [9.17, 15) is 18.4 Å². The molecule has 0 bridgehead atoms. The second-order valence-corrected chi connectivity index (χ2v) is 6.44. The molecule has 24 heavy (non-hydrogen) atoms. The van der Waals surface area contributed by atoms with Gasteiger partial charge >= 0.3 is 0 Å². The average molecular weight is 351 g/mol. The third kappa shape index (κ3) is 3.95. The molecule has 1 fully saturated rings. The summed E-state index contributed by atoms with van der Waals surface area (Å²) in [5, 5.41) is 9.62. The second kappa shape index (κ2) is 6.66. The molecule has 0 aliphatic carbocycles. The number of benzene rings is 1. The van der Waals surface area contributed by atoms with Crippen LogP contribution in [0.3, 0.4) is 0 Å². The van der Waals surface area contributed by atoms with E-state index in [-0.39, 0.29) is 5.91 Å². The van der Waals surface area contributed by atoms with E-state index in [1.807, 2.05) is 0 Å². The van der Waals surface area contributed by atoms with E-state index < -0.39 is 30.8 Å². The van der Waals surface area contributed by atoms with E-state index in [4.69, 9.17) is 0 Å². The first-order chi connectivity index (χ1) is 11.4. The van der Waals surface area contributed by atoms with E-state index in [0.29, 0.717) is 16.3 Å². The van der Waals surface area contributed by atoms with Crippen molar-refractivity contribution in [2.45, 2.75) is 18.4 Å². The van der Waals surface area contributed by atoms with Crippen molar-refractivity contribution in [1.29, 1.82) is 0 Å². The Hall–Kier alpha value is -2.32. The summed E-state index contributed by atoms with van der Waals surface area (Å²) in [5.41, 5.74) is 0.942. The van der Waals surface area contributed by atoms with Gasteiger partial charge in [-0.3, -0.25) is 14.9 Å². The second-order valence-electron chi connectivity index (χ2n) is 5.50. The number of nitrogens with one attached hydrogen (secondary N) is 3. The van der Waals surface area contributed by atoms with Crippen LogP contribution >= 0.6 is 11.3 Å². The van der Waals surface area contributed by atoms with E-state index in [2.05, 4.69) is 16.0 Å². The highest BCUT2D eigenvalue weighted by Gasteiger charge is 2.42. The lowest BCUT2D eigenvalue weighted by molar-refractivity contribution is -0.118. The van der Waals surface area contributed by atoms with Crippen LogP contribution in [0.5, 0.6) is 0 Å². The maximum atomic E-state index is 13.1. The average Bonchev–Trinajstić information content (AvgIpc) is 3.17. The van der Waals surface area contributed by atoms with Crippen LogP contribution < -0.4 is 16.0 Å². The Kier molecular flexibility index (Phi) is 4.59. The van der Waals surface area contributed by atoms with Crippen LogP contribution in [0.4, 0.5) is 20.2 Å². The van der Waals surface area contributed by atoms with Gasteiger partial charge < -0.3 is 10.6 Å². The summed E-state index contributed by atoms with van der Waals surface area (Å²) >= 11 is 1.32. The number of hydrogen-bond donors (Lipinski definition) is 3. The van der Waals surface area contributed by atoms with Crippen LogP contribution in [0.15, 0.2) is 41.8 Å². The van der Waals surface area contributed by atoms with Gasteiger partial charge in [0.25, 0.3) is 11.8 Å². The van der Waals surface area contributed by atoms with Gasteiger partial charge in [0.2, 0.25) is 5.91 Å². The Morgan fingerprint density at radius 1 is 1.17 bits per heavy atom. The van der Waals surface area contributed by atoms with E-state index in [1.54, 1.807) is 41.8 Å². The molecule has 5 nitrogen and oxygen atoms in total. The lowest BCUT2D eigenvalue weighted by Gasteiger charge is -2.12. The van der Waals surface area contributed by atoms with Gasteiger partial charge in [-0.1, -0.05) is 12.1 Å². The highest BCUT2D eigenvalue weighted by molar-refractivity contribution is 7.12. The summed E-state index contributed by atoms with van der Waals surface area (Å²) in [7, 11) is 0. The van der Waals surface area contributed by atoms with Crippen LogP contribution in [0.1, 0.15) is 16.1 Å². The van der Waals surface area contributed by atoms with Crippen LogP contribution in [-0.2, 0) is 4.79 Å². The topological polar surface area (TPSA) is 70.2 Å². The molecule has 0 saturated carbocycles. The summed E-state index contributed by atoms with van der Waals surface area (Å²) < 4.78 is 26.3. The van der Waals surface area contributed by atoms with Crippen molar-refractivity contribution in [2.24, 2.45) is 0 Å². The van der Waals surface area contributed by atoms with Crippen LogP contribution in [0.25, 0.3) is 0 Å². The van der Waals surface area contributed by atoms with Gasteiger partial charge in [-0.25, -0.2) is 8.78 Å². The Balaban J connectivity index is 1.63. The zero-order valence-electron chi connectivity index (χ0n) is 12.5. The zero-order chi connectivity index (χ0) is 17.2. The minimum atomic E-state index is -2.86. The predicted molar refractivity (Wildman–Crippen MR) is 88.7 cm³/mol. The highest BCUT2D eigenvalue weighted by Crippen LogP contribution is 2.26. The first kappa shape index (κ1) is 16.5. The van der Waals surface area contributed by atoms with E-state index >= 15 is 0 Å². The van der Waals surface area contributed by atoms with Crippen LogP contribution in [0, 0.1) is 0 Å². The smallest absolute Gasteiger partial charge is 0.265 e. The van der Waals surface area contributed by atoms with Crippen molar-refractivity contribution >= 4 is 34.5 Å². The van der Waals surface area contributed by atoms with Crippen molar-refractivity contribution in [3.05, 3.63) is 46.7 Å². The molecule has 1 aliphatic heterocycles. The number of carbonyl (C=O) groups excluding carboxylic acids is 2. The number of halogens is 2. The molecule has 0 spiro atoms. The number of hydrogen-bond acceptors (Lipinski definition) is 4. The lowest BCUT2D eigenvalue weighted by atomic mass is 10.1. The third-order valence-corrected chi connectivity index (χ3v) is 4.43. The number of alkyl halides is 2. The standard InChI is InChI=1S/C16H15F2N3O2S/c17-16(18)8-12(19-9-16)14(22)20-10-3-1-4-11(7-10)21-15(23)13-5-2-6-24-13/h1-7,12,19H,8-9H2,(H,20,22)(H,21,23). The Labute approximate surface area is 141 Å². The number of anilines is 2. The zero-order valence-corrected chi connectivity index (χ0v) is 13.3. The van der Waals surface area contributed by atoms with Gasteiger partial charge in [-0.2, -0.15) is 0 Å². The Bertz CT molecular complexity index is 750. The molecule has 8 heteroatoms. The summed E-state index contributed by atoms with van der Waals surface area (Å²) in [4.78, 5) is 24.6. The van der Waals surface area contributed by atoms with Gasteiger partial charge in [0.05, 0.1) is 17.5 Å². The van der Waals surface area contributed by atoms with Crippen molar-refractivity contribution < 1.29 is 18.4 Å². The fourth-order valence-electron chi connectivity index (χ4n) is 2.41. The molecule has 1 unspecified atom stereocenters. The maximum absolute atomic E-state index is 13.1. The molecule has 2 amide bonds. The number of rotatable bonds is 4. The van der Waals surface area contributed by atoms with Crippen molar-refractivity contribution in [2.75, 3.05) is 17.2 Å². The van der Waals surface area contributed by atoms with Crippen molar-refractivity contribution in [3.8, 4) is 0 Å². The van der Waals surface area contributed by atoms with Gasteiger partial charge in [-0.15, -0.1) is 11.3 Å². The fourth-order valence-corrected chi connectivity index (χ4v) is 3.02. The monoisotopic (exact) mass is 351 g/mol. The van der Waals surface area contributed by atoms with E-state index in [0.717, 1.165) is 0 Å². The molecule has 2 heterocycles. The van der Waals surface area contributed by atoms with Gasteiger partial charge in [0, 0.05) is 17.8 Å². The Morgan fingerprint density at radius 3 is 2.54 bits per heavy atom. The molecule has 1 aromatic carbocycles. The molecular weight excluding hydrogens is 336 g/mol. The Morgan fingerprint density at radius 2 is 1.92 bits per heavy atom. The molecule has 1 aliphatic rings. The maximum Gasteiger partial charge on any atom is 0.265 e. The minimum absolute atomic E-state index is 0.245. The minimum Gasteiger partial charge on any atom is -0.325 e. The number of amides is 2. The number of thiophene rings is 1. The van der Waals surface area contributed by atoms with Gasteiger partial charge in [-0.05, 0) is 29.6 Å². The quantitative estimate of drug-likeness (QED) is 0.793. The molecule has 2 aromatic rings. The molecular formula is C16H15F2N3O2S. The first-order valence-electron chi connectivity index (χ1n) is 7.30. The first-order valence-corrected chi connectivity index (χ1v) is 8.18. The van der Waals surface area contributed by atoms with Crippen molar-refractivity contribution in [3.63, 3.8) is 0 Å². The summed E-state index contributed by atoms with van der Waals surface area (Å²) in [6.07, 6.45) is -0.520. The largest absolute Gasteiger partial charge is 0.325 e. The summed E-state index contributed by atoms with van der Waals surface area (Å²) in [6.45, 7) is -0.498. The molecule has 0 radical (unpaired) electrons. The summed E-state index contributed by atoms with van der Waals surface area (Å²) in [5.74, 6) is -3.63. The normalized spacial score (nSPS) is 19.0.